The number of carbonyl (C=O) groups is 1. The van der Waals surface area contributed by atoms with Crippen LogP contribution in [0, 0.1) is 0 Å². The Bertz CT molecular complexity index is 642. The van der Waals surface area contributed by atoms with Gasteiger partial charge in [0.1, 0.15) is 5.76 Å². The molecular weight excluding hydrogens is 308 g/mol. The average Bonchev–Trinajstić information content (AvgIpc) is 3.26. The SMILES string of the molecule is COc1ccc(CN2CCC(NC(=O)NCc3ccco3)C2)cn1. The number of carbonyl (C=O) groups excluding carboxylic acids is 1. The molecule has 1 unspecified atom stereocenters. The largest absolute Gasteiger partial charge is 0.481 e. The molecule has 0 radical (unpaired) electrons. The van der Waals surface area contributed by atoms with Crippen LogP contribution in [-0.4, -0.2) is 42.2 Å². The number of pyridine rings is 1. The van der Waals surface area contributed by atoms with E-state index in [2.05, 4.69) is 20.5 Å². The quantitative estimate of drug-likeness (QED) is 0.844. The molecule has 3 rings (SSSR count). The van der Waals surface area contributed by atoms with Crippen LogP contribution in [0.15, 0.2) is 41.1 Å². The van der Waals surface area contributed by atoms with Crippen molar-refractivity contribution < 1.29 is 13.9 Å². The summed E-state index contributed by atoms with van der Waals surface area (Å²) < 4.78 is 10.3. The van der Waals surface area contributed by atoms with Crippen molar-refractivity contribution >= 4 is 6.03 Å². The molecule has 24 heavy (non-hydrogen) atoms. The van der Waals surface area contributed by atoms with Crippen molar-refractivity contribution in [3.63, 3.8) is 0 Å². The third kappa shape index (κ3) is 4.48. The van der Waals surface area contributed by atoms with E-state index in [1.54, 1.807) is 19.4 Å². The standard InChI is InChI=1S/C17H22N4O3/c1-23-16-5-4-13(9-18-16)11-21-7-6-14(12-21)20-17(22)19-10-15-3-2-8-24-15/h2-5,8-9,14H,6-7,10-12H2,1H3,(H2,19,20,22). The van der Waals surface area contributed by atoms with Gasteiger partial charge in [-0.2, -0.15) is 0 Å². The predicted molar refractivity (Wildman–Crippen MR) is 88.6 cm³/mol. The number of hydrogen-bond acceptors (Lipinski definition) is 5. The number of aromatic nitrogens is 1. The lowest BCUT2D eigenvalue weighted by Gasteiger charge is -2.17. The number of ether oxygens (including phenoxy) is 1. The summed E-state index contributed by atoms with van der Waals surface area (Å²) in [6.45, 7) is 3.01. The zero-order chi connectivity index (χ0) is 16.8. The van der Waals surface area contributed by atoms with Crippen LogP contribution in [0.1, 0.15) is 17.7 Å². The van der Waals surface area contributed by atoms with Gasteiger partial charge in [0.2, 0.25) is 5.88 Å². The van der Waals surface area contributed by atoms with Gasteiger partial charge in [-0.05, 0) is 24.1 Å². The molecule has 0 saturated carbocycles. The van der Waals surface area contributed by atoms with E-state index in [1.807, 2.05) is 24.4 Å². The second kappa shape index (κ2) is 7.83. The van der Waals surface area contributed by atoms with Gasteiger partial charge in [-0.25, -0.2) is 9.78 Å². The molecule has 2 N–H and O–H groups in total. The van der Waals surface area contributed by atoms with Crippen LogP contribution < -0.4 is 15.4 Å². The highest BCUT2D eigenvalue weighted by molar-refractivity contribution is 5.74. The topological polar surface area (TPSA) is 79.6 Å². The maximum absolute atomic E-state index is 11.9. The van der Waals surface area contributed by atoms with Crippen LogP contribution >= 0.6 is 0 Å². The monoisotopic (exact) mass is 330 g/mol. The molecule has 2 amide bonds. The summed E-state index contributed by atoms with van der Waals surface area (Å²) in [6.07, 6.45) is 4.37. The summed E-state index contributed by atoms with van der Waals surface area (Å²) in [5, 5.41) is 5.81. The van der Waals surface area contributed by atoms with Crippen LogP contribution in [0.3, 0.4) is 0 Å². The number of methoxy groups -OCH3 is 1. The van der Waals surface area contributed by atoms with E-state index in [0.29, 0.717) is 12.4 Å². The van der Waals surface area contributed by atoms with Crippen molar-refractivity contribution in [2.45, 2.75) is 25.6 Å². The lowest BCUT2D eigenvalue weighted by molar-refractivity contribution is 0.234. The van der Waals surface area contributed by atoms with Gasteiger partial charge in [0, 0.05) is 37.9 Å². The minimum atomic E-state index is -0.163. The van der Waals surface area contributed by atoms with Crippen molar-refractivity contribution in [3.05, 3.63) is 48.0 Å². The van der Waals surface area contributed by atoms with Gasteiger partial charge in [-0.3, -0.25) is 4.90 Å². The van der Waals surface area contributed by atoms with Crippen molar-refractivity contribution in [2.75, 3.05) is 20.2 Å². The van der Waals surface area contributed by atoms with Gasteiger partial charge in [0.05, 0.1) is 19.9 Å². The molecule has 0 aliphatic carbocycles. The minimum Gasteiger partial charge on any atom is -0.481 e. The average molecular weight is 330 g/mol. The van der Waals surface area contributed by atoms with E-state index in [1.165, 1.54) is 0 Å². The normalized spacial score (nSPS) is 17.6. The van der Waals surface area contributed by atoms with E-state index in [4.69, 9.17) is 9.15 Å². The first kappa shape index (κ1) is 16.3. The van der Waals surface area contributed by atoms with Gasteiger partial charge in [0.25, 0.3) is 0 Å². The molecule has 2 aromatic heterocycles. The molecule has 0 aromatic carbocycles. The summed E-state index contributed by atoms with van der Waals surface area (Å²) >= 11 is 0. The summed E-state index contributed by atoms with van der Waals surface area (Å²) in [5.74, 6) is 1.36. The van der Waals surface area contributed by atoms with Crippen molar-refractivity contribution in [2.24, 2.45) is 0 Å². The Kier molecular flexibility index (Phi) is 5.32. The Balaban J connectivity index is 1.40. The third-order valence-electron chi connectivity index (χ3n) is 4.02. The van der Waals surface area contributed by atoms with Crippen molar-refractivity contribution in [1.82, 2.24) is 20.5 Å². The van der Waals surface area contributed by atoms with Crippen LogP contribution in [0.25, 0.3) is 0 Å². The van der Waals surface area contributed by atoms with Crippen LogP contribution in [0.2, 0.25) is 0 Å². The van der Waals surface area contributed by atoms with Crippen molar-refractivity contribution in [1.29, 1.82) is 0 Å². The van der Waals surface area contributed by atoms with Gasteiger partial charge in [-0.15, -0.1) is 0 Å². The van der Waals surface area contributed by atoms with Crippen LogP contribution in [0.4, 0.5) is 4.79 Å². The third-order valence-corrected chi connectivity index (χ3v) is 4.02. The maximum Gasteiger partial charge on any atom is 0.315 e. The number of nitrogens with one attached hydrogen (secondary N) is 2. The van der Waals surface area contributed by atoms with Gasteiger partial charge in [0.15, 0.2) is 0 Å². The molecule has 0 spiro atoms. The zero-order valence-electron chi connectivity index (χ0n) is 13.7. The molecule has 1 aliphatic rings. The predicted octanol–water partition coefficient (Wildman–Crippen LogP) is 1.76. The summed E-state index contributed by atoms with van der Waals surface area (Å²) in [7, 11) is 1.61. The minimum absolute atomic E-state index is 0.160. The fourth-order valence-corrected chi connectivity index (χ4v) is 2.79. The first-order valence-electron chi connectivity index (χ1n) is 8.01. The Morgan fingerprint density at radius 2 is 2.38 bits per heavy atom. The second-order valence-electron chi connectivity index (χ2n) is 5.84. The van der Waals surface area contributed by atoms with Crippen LogP contribution in [-0.2, 0) is 13.1 Å². The summed E-state index contributed by atoms with van der Waals surface area (Å²) in [6, 6.07) is 7.52. The lowest BCUT2D eigenvalue weighted by Crippen LogP contribution is -2.43. The number of hydrogen-bond donors (Lipinski definition) is 2. The number of urea groups is 1. The molecular formula is C17H22N4O3. The molecule has 7 nitrogen and oxygen atoms in total. The zero-order valence-corrected chi connectivity index (χ0v) is 13.7. The van der Waals surface area contributed by atoms with Crippen molar-refractivity contribution in [3.8, 4) is 5.88 Å². The Labute approximate surface area is 141 Å². The summed E-state index contributed by atoms with van der Waals surface area (Å²) in [5.41, 5.74) is 1.14. The molecule has 0 bridgehead atoms. The Morgan fingerprint density at radius 3 is 3.08 bits per heavy atom. The molecule has 1 saturated heterocycles. The van der Waals surface area contributed by atoms with Gasteiger partial charge in [-0.1, -0.05) is 6.07 Å². The van der Waals surface area contributed by atoms with E-state index in [-0.39, 0.29) is 12.1 Å². The molecule has 3 heterocycles. The maximum atomic E-state index is 11.9. The Hall–Kier alpha value is -2.54. The lowest BCUT2D eigenvalue weighted by atomic mass is 10.2. The first-order chi connectivity index (χ1) is 11.7. The molecule has 2 aromatic rings. The molecule has 1 fully saturated rings. The van der Waals surface area contributed by atoms with E-state index in [0.717, 1.165) is 37.4 Å². The van der Waals surface area contributed by atoms with E-state index < -0.39 is 0 Å². The highest BCUT2D eigenvalue weighted by atomic mass is 16.5. The molecule has 128 valence electrons. The second-order valence-corrected chi connectivity index (χ2v) is 5.84. The molecule has 1 aliphatic heterocycles. The van der Waals surface area contributed by atoms with E-state index >= 15 is 0 Å². The highest BCUT2D eigenvalue weighted by Gasteiger charge is 2.23. The van der Waals surface area contributed by atoms with Gasteiger partial charge < -0.3 is 19.8 Å². The number of nitrogens with zero attached hydrogens (tertiary/aromatic N) is 2. The first-order valence-corrected chi connectivity index (χ1v) is 8.01. The fraction of sp³-hybridized carbons (Fsp3) is 0.412. The Morgan fingerprint density at radius 1 is 1.46 bits per heavy atom. The number of likely N-dealkylation sites (tertiary alicyclic amines) is 1. The van der Waals surface area contributed by atoms with Crippen LogP contribution in [0.5, 0.6) is 5.88 Å². The number of amides is 2. The number of rotatable bonds is 6. The summed E-state index contributed by atoms with van der Waals surface area (Å²) in [4.78, 5) is 18.4. The smallest absolute Gasteiger partial charge is 0.315 e. The molecule has 1 atom stereocenters. The highest BCUT2D eigenvalue weighted by Crippen LogP contribution is 2.14. The fourth-order valence-electron chi connectivity index (χ4n) is 2.79. The van der Waals surface area contributed by atoms with Gasteiger partial charge >= 0.3 is 6.03 Å². The number of furan rings is 1. The van der Waals surface area contributed by atoms with E-state index in [9.17, 15) is 4.79 Å². The molecule has 7 heteroatoms.